The minimum absolute atomic E-state index is 0.159. The summed E-state index contributed by atoms with van der Waals surface area (Å²) in [6.07, 6.45) is 2.85. The summed E-state index contributed by atoms with van der Waals surface area (Å²) >= 11 is 0. The molecule has 1 aromatic rings. The number of hydrogen-bond acceptors (Lipinski definition) is 4. The van der Waals surface area contributed by atoms with Crippen LogP contribution in [0.3, 0.4) is 0 Å². The Hall–Kier alpha value is -2.61. The Bertz CT molecular complexity index is 503. The molecular formula is C14H14N2O3. The lowest BCUT2D eigenvalue weighted by Gasteiger charge is -2.08. The Morgan fingerprint density at radius 1 is 1.42 bits per heavy atom. The predicted octanol–water partition coefficient (Wildman–Crippen LogP) is 1.27. The Kier molecular flexibility index (Phi) is 5.83. The minimum atomic E-state index is -1.28. The van der Waals surface area contributed by atoms with E-state index in [2.05, 4.69) is 10.1 Å². The van der Waals surface area contributed by atoms with Crippen LogP contribution < -0.4 is 5.32 Å². The third-order valence-electron chi connectivity index (χ3n) is 2.16. The number of benzene rings is 1. The van der Waals surface area contributed by atoms with Gasteiger partial charge in [-0.05, 0) is 18.6 Å². The first kappa shape index (κ1) is 14.5. The molecule has 5 nitrogen and oxygen atoms in total. The highest BCUT2D eigenvalue weighted by Crippen LogP contribution is 2.00. The molecule has 1 aromatic carbocycles. The fraction of sp³-hybridized carbons (Fsp3) is 0.214. The maximum absolute atomic E-state index is 11.5. The van der Waals surface area contributed by atoms with Gasteiger partial charge in [-0.15, -0.1) is 0 Å². The van der Waals surface area contributed by atoms with Crippen molar-refractivity contribution >= 4 is 18.0 Å². The zero-order chi connectivity index (χ0) is 14.1. The van der Waals surface area contributed by atoms with Crippen molar-refractivity contribution in [2.75, 3.05) is 6.61 Å². The van der Waals surface area contributed by atoms with Gasteiger partial charge in [-0.1, -0.05) is 30.3 Å². The van der Waals surface area contributed by atoms with Crippen molar-refractivity contribution in [3.05, 3.63) is 42.0 Å². The number of ether oxygens (including phenoxy) is 1. The third-order valence-corrected chi connectivity index (χ3v) is 2.16. The Morgan fingerprint density at radius 2 is 2.11 bits per heavy atom. The van der Waals surface area contributed by atoms with Crippen LogP contribution in [0.2, 0.25) is 0 Å². The molecule has 1 amide bonds. The molecule has 0 bridgehead atoms. The van der Waals surface area contributed by atoms with Crippen LogP contribution in [0.15, 0.2) is 36.4 Å². The van der Waals surface area contributed by atoms with Crippen molar-refractivity contribution in [3.63, 3.8) is 0 Å². The summed E-state index contributed by atoms with van der Waals surface area (Å²) in [4.78, 5) is 22.8. The molecule has 19 heavy (non-hydrogen) atoms. The van der Waals surface area contributed by atoms with Crippen LogP contribution in [-0.4, -0.2) is 24.5 Å². The SMILES string of the molecule is CCOC(=O)C(C#N)NC(=O)/C=C/c1ccccc1. The Balaban J connectivity index is 2.57. The molecule has 5 heteroatoms. The van der Waals surface area contributed by atoms with E-state index in [1.165, 1.54) is 6.08 Å². The van der Waals surface area contributed by atoms with E-state index in [1.807, 2.05) is 30.3 Å². The lowest BCUT2D eigenvalue weighted by atomic mass is 10.2. The van der Waals surface area contributed by atoms with E-state index in [9.17, 15) is 9.59 Å². The number of rotatable bonds is 5. The quantitative estimate of drug-likeness (QED) is 0.637. The fourth-order valence-corrected chi connectivity index (χ4v) is 1.30. The number of nitrogens with zero attached hydrogens (tertiary/aromatic N) is 1. The van der Waals surface area contributed by atoms with Crippen LogP contribution in [-0.2, 0) is 14.3 Å². The maximum Gasteiger partial charge on any atom is 0.343 e. The second-order valence-electron chi connectivity index (χ2n) is 3.57. The highest BCUT2D eigenvalue weighted by atomic mass is 16.5. The van der Waals surface area contributed by atoms with Gasteiger partial charge in [0.15, 0.2) is 0 Å². The number of nitriles is 1. The number of carbonyl (C=O) groups is 2. The number of hydrogen-bond donors (Lipinski definition) is 1. The zero-order valence-corrected chi connectivity index (χ0v) is 10.5. The monoisotopic (exact) mass is 258 g/mol. The molecule has 0 radical (unpaired) electrons. The van der Waals surface area contributed by atoms with Gasteiger partial charge >= 0.3 is 5.97 Å². The van der Waals surface area contributed by atoms with Gasteiger partial charge in [0.05, 0.1) is 12.7 Å². The van der Waals surface area contributed by atoms with E-state index in [4.69, 9.17) is 5.26 Å². The van der Waals surface area contributed by atoms with Crippen molar-refractivity contribution in [1.29, 1.82) is 5.26 Å². The van der Waals surface area contributed by atoms with Crippen LogP contribution in [0.5, 0.6) is 0 Å². The van der Waals surface area contributed by atoms with E-state index in [1.54, 1.807) is 19.1 Å². The molecule has 0 aliphatic rings. The van der Waals surface area contributed by atoms with Crippen molar-refractivity contribution in [1.82, 2.24) is 5.32 Å². The molecule has 0 fully saturated rings. The number of nitrogens with one attached hydrogen (secondary N) is 1. The molecule has 0 saturated carbocycles. The van der Waals surface area contributed by atoms with E-state index >= 15 is 0 Å². The van der Waals surface area contributed by atoms with Gasteiger partial charge in [0.1, 0.15) is 0 Å². The average Bonchev–Trinajstić information content (AvgIpc) is 2.44. The molecule has 1 atom stereocenters. The molecule has 0 aromatic heterocycles. The van der Waals surface area contributed by atoms with Crippen molar-refractivity contribution in [3.8, 4) is 6.07 Å². The number of carbonyl (C=O) groups excluding carboxylic acids is 2. The minimum Gasteiger partial charge on any atom is -0.464 e. The summed E-state index contributed by atoms with van der Waals surface area (Å²) in [6.45, 7) is 1.79. The predicted molar refractivity (Wildman–Crippen MR) is 69.7 cm³/mol. The highest BCUT2D eigenvalue weighted by Gasteiger charge is 2.20. The van der Waals surface area contributed by atoms with Gasteiger partial charge in [-0.2, -0.15) is 5.26 Å². The summed E-state index contributed by atoms with van der Waals surface area (Å²) in [6, 6.07) is 9.60. The van der Waals surface area contributed by atoms with Crippen LogP contribution in [0.4, 0.5) is 0 Å². The van der Waals surface area contributed by atoms with Crippen LogP contribution in [0, 0.1) is 11.3 Å². The molecule has 1 unspecified atom stereocenters. The van der Waals surface area contributed by atoms with Gasteiger partial charge in [-0.3, -0.25) is 4.79 Å². The van der Waals surface area contributed by atoms with Crippen molar-refractivity contribution < 1.29 is 14.3 Å². The maximum atomic E-state index is 11.5. The van der Waals surface area contributed by atoms with E-state index in [0.717, 1.165) is 5.56 Å². The summed E-state index contributed by atoms with van der Waals surface area (Å²) in [5, 5.41) is 11.0. The lowest BCUT2D eigenvalue weighted by Crippen LogP contribution is -2.39. The zero-order valence-electron chi connectivity index (χ0n) is 10.5. The van der Waals surface area contributed by atoms with Gasteiger partial charge in [0, 0.05) is 6.08 Å². The normalized spacial score (nSPS) is 11.6. The van der Waals surface area contributed by atoms with Crippen LogP contribution in [0.25, 0.3) is 6.08 Å². The van der Waals surface area contributed by atoms with Gasteiger partial charge in [0.2, 0.25) is 11.9 Å². The molecular weight excluding hydrogens is 244 g/mol. The first-order valence-corrected chi connectivity index (χ1v) is 5.77. The molecule has 0 aliphatic heterocycles. The lowest BCUT2D eigenvalue weighted by molar-refractivity contribution is -0.145. The number of esters is 1. The third kappa shape index (κ3) is 5.04. The van der Waals surface area contributed by atoms with E-state index in [0.29, 0.717) is 0 Å². The summed E-state index contributed by atoms with van der Waals surface area (Å²) in [5.41, 5.74) is 0.849. The number of amides is 1. The van der Waals surface area contributed by atoms with E-state index < -0.39 is 17.9 Å². The van der Waals surface area contributed by atoms with Crippen LogP contribution >= 0.6 is 0 Å². The Morgan fingerprint density at radius 3 is 2.68 bits per heavy atom. The molecule has 0 saturated heterocycles. The molecule has 1 N–H and O–H groups in total. The van der Waals surface area contributed by atoms with Gasteiger partial charge < -0.3 is 10.1 Å². The first-order valence-electron chi connectivity index (χ1n) is 5.77. The average molecular weight is 258 g/mol. The summed E-state index contributed by atoms with van der Waals surface area (Å²) in [7, 11) is 0. The van der Waals surface area contributed by atoms with E-state index in [-0.39, 0.29) is 6.61 Å². The molecule has 1 rings (SSSR count). The van der Waals surface area contributed by atoms with Gasteiger partial charge in [-0.25, -0.2) is 4.79 Å². The molecule has 98 valence electrons. The van der Waals surface area contributed by atoms with Crippen molar-refractivity contribution in [2.45, 2.75) is 13.0 Å². The second-order valence-corrected chi connectivity index (χ2v) is 3.57. The standard InChI is InChI=1S/C14H14N2O3/c1-2-19-14(18)12(10-15)16-13(17)9-8-11-6-4-3-5-7-11/h3-9,12H,2H2,1H3,(H,16,17)/b9-8+. The molecule has 0 spiro atoms. The molecule has 0 aliphatic carbocycles. The summed E-state index contributed by atoms with van der Waals surface area (Å²) < 4.78 is 4.66. The smallest absolute Gasteiger partial charge is 0.343 e. The summed E-state index contributed by atoms with van der Waals surface area (Å²) in [5.74, 6) is -1.28. The largest absolute Gasteiger partial charge is 0.464 e. The molecule has 0 heterocycles. The van der Waals surface area contributed by atoms with Crippen LogP contribution in [0.1, 0.15) is 12.5 Å². The van der Waals surface area contributed by atoms with Crippen molar-refractivity contribution in [2.24, 2.45) is 0 Å². The Labute approximate surface area is 111 Å². The first-order chi connectivity index (χ1) is 9.17. The highest BCUT2D eigenvalue weighted by molar-refractivity contribution is 5.95. The topological polar surface area (TPSA) is 79.2 Å². The van der Waals surface area contributed by atoms with Gasteiger partial charge in [0.25, 0.3) is 0 Å². The second kappa shape index (κ2) is 7.67. The fourth-order valence-electron chi connectivity index (χ4n) is 1.30.